The van der Waals surface area contributed by atoms with Crippen LogP contribution in [-0.4, -0.2) is 21.3 Å². The van der Waals surface area contributed by atoms with E-state index in [4.69, 9.17) is 15.4 Å². The van der Waals surface area contributed by atoms with E-state index in [0.717, 1.165) is 5.56 Å². The minimum absolute atomic E-state index is 0.0597. The number of rotatable bonds is 4. The minimum atomic E-state index is -3.92. The van der Waals surface area contributed by atoms with Crippen molar-refractivity contribution >= 4 is 25.5 Å². The molecule has 0 saturated carbocycles. The van der Waals surface area contributed by atoms with Gasteiger partial charge in [0, 0.05) is 16.2 Å². The highest BCUT2D eigenvalue weighted by molar-refractivity contribution is 8.13. The van der Waals surface area contributed by atoms with Crippen LogP contribution >= 0.6 is 10.7 Å². The lowest BCUT2D eigenvalue weighted by molar-refractivity contribution is 0.101. The van der Waals surface area contributed by atoms with E-state index >= 15 is 0 Å². The number of ketones is 1. The van der Waals surface area contributed by atoms with Crippen molar-refractivity contribution in [2.24, 2.45) is 0 Å². The molecule has 0 N–H and O–H groups in total. The fourth-order valence-electron chi connectivity index (χ4n) is 1.96. The number of hydrogen-bond acceptors (Lipinski definition) is 4. The number of carbonyl (C=O) groups excluding carboxylic acids is 1. The van der Waals surface area contributed by atoms with Gasteiger partial charge in [-0.3, -0.25) is 4.79 Å². The molecule has 0 unspecified atom stereocenters. The van der Waals surface area contributed by atoms with E-state index in [1.165, 1.54) is 26.2 Å². The van der Waals surface area contributed by atoms with Crippen LogP contribution in [0.5, 0.6) is 5.75 Å². The standard InChI is InChI=1S/C15H13ClO4S/c1-10(17)11-4-3-5-12(8-11)13-6-7-14(20-2)15(9-13)21(16,18)19/h3-9H,1-2H3. The van der Waals surface area contributed by atoms with Crippen molar-refractivity contribution in [2.45, 2.75) is 11.8 Å². The highest BCUT2D eigenvalue weighted by Crippen LogP contribution is 2.32. The van der Waals surface area contributed by atoms with Crippen LogP contribution in [0.4, 0.5) is 0 Å². The molecule has 6 heteroatoms. The third-order valence-corrected chi connectivity index (χ3v) is 4.37. The third kappa shape index (κ3) is 3.43. The summed E-state index contributed by atoms with van der Waals surface area (Å²) in [6.07, 6.45) is 0. The summed E-state index contributed by atoms with van der Waals surface area (Å²) in [5, 5.41) is 0. The molecule has 0 atom stereocenters. The molecule has 0 aliphatic carbocycles. The van der Waals surface area contributed by atoms with Gasteiger partial charge in [0.25, 0.3) is 9.05 Å². The second kappa shape index (κ2) is 5.87. The van der Waals surface area contributed by atoms with Gasteiger partial charge in [0.15, 0.2) is 5.78 Å². The van der Waals surface area contributed by atoms with E-state index in [2.05, 4.69) is 0 Å². The molecule has 0 aliphatic rings. The Morgan fingerprint density at radius 1 is 1.10 bits per heavy atom. The van der Waals surface area contributed by atoms with Crippen molar-refractivity contribution in [3.63, 3.8) is 0 Å². The third-order valence-electron chi connectivity index (χ3n) is 3.03. The molecule has 0 radical (unpaired) electrons. The Morgan fingerprint density at radius 2 is 1.76 bits per heavy atom. The predicted molar refractivity (Wildman–Crippen MR) is 81.5 cm³/mol. The minimum Gasteiger partial charge on any atom is -0.495 e. The zero-order chi connectivity index (χ0) is 15.6. The first-order valence-electron chi connectivity index (χ1n) is 6.07. The van der Waals surface area contributed by atoms with Crippen molar-refractivity contribution in [3.8, 4) is 16.9 Å². The average Bonchev–Trinajstić information content (AvgIpc) is 2.45. The first-order valence-corrected chi connectivity index (χ1v) is 8.38. The number of hydrogen-bond donors (Lipinski definition) is 0. The molecule has 0 aromatic heterocycles. The second-order valence-electron chi connectivity index (χ2n) is 4.44. The van der Waals surface area contributed by atoms with Crippen molar-refractivity contribution < 1.29 is 17.9 Å². The van der Waals surface area contributed by atoms with Gasteiger partial charge in [-0.25, -0.2) is 8.42 Å². The van der Waals surface area contributed by atoms with Crippen molar-refractivity contribution in [3.05, 3.63) is 48.0 Å². The number of ether oxygens (including phenoxy) is 1. The lowest BCUT2D eigenvalue weighted by Crippen LogP contribution is -1.97. The molecule has 2 rings (SSSR count). The maximum Gasteiger partial charge on any atom is 0.265 e. The van der Waals surface area contributed by atoms with Crippen LogP contribution in [0.25, 0.3) is 11.1 Å². The van der Waals surface area contributed by atoms with Crippen LogP contribution in [0.15, 0.2) is 47.4 Å². The number of benzene rings is 2. The first-order chi connectivity index (χ1) is 9.82. The van der Waals surface area contributed by atoms with Crippen LogP contribution in [0, 0.1) is 0 Å². The summed E-state index contributed by atoms with van der Waals surface area (Å²) in [6.45, 7) is 1.47. The molecule has 0 bridgehead atoms. The summed E-state index contributed by atoms with van der Waals surface area (Å²) in [5.74, 6) is 0.118. The Kier molecular flexibility index (Phi) is 4.34. The van der Waals surface area contributed by atoms with Gasteiger partial charge in [-0.1, -0.05) is 24.3 Å². The van der Waals surface area contributed by atoms with Crippen LogP contribution in [0.2, 0.25) is 0 Å². The topological polar surface area (TPSA) is 60.4 Å². The fourth-order valence-corrected chi connectivity index (χ4v) is 2.99. The summed E-state index contributed by atoms with van der Waals surface area (Å²) >= 11 is 0. The lowest BCUT2D eigenvalue weighted by Gasteiger charge is -2.09. The van der Waals surface area contributed by atoms with Crippen LogP contribution in [0.1, 0.15) is 17.3 Å². The van der Waals surface area contributed by atoms with Gasteiger partial charge in [-0.15, -0.1) is 0 Å². The largest absolute Gasteiger partial charge is 0.495 e. The molecular formula is C15H13ClO4S. The molecule has 0 fully saturated rings. The van der Waals surface area contributed by atoms with E-state index in [-0.39, 0.29) is 16.4 Å². The second-order valence-corrected chi connectivity index (χ2v) is 6.97. The molecular weight excluding hydrogens is 312 g/mol. The smallest absolute Gasteiger partial charge is 0.265 e. The SMILES string of the molecule is COc1ccc(-c2cccc(C(C)=O)c2)cc1S(=O)(=O)Cl. The van der Waals surface area contributed by atoms with E-state index in [1.54, 1.807) is 30.3 Å². The molecule has 0 amide bonds. The Bertz CT molecular complexity index is 797. The molecule has 0 aliphatic heterocycles. The van der Waals surface area contributed by atoms with Gasteiger partial charge in [-0.05, 0) is 36.2 Å². The van der Waals surface area contributed by atoms with E-state index in [9.17, 15) is 13.2 Å². The number of Topliss-reactive ketones (excluding diaryl/α,β-unsaturated/α-hetero) is 1. The predicted octanol–water partition coefficient (Wildman–Crippen LogP) is 3.49. The Hall–Kier alpha value is -1.85. The van der Waals surface area contributed by atoms with Crippen molar-refractivity contribution in [1.29, 1.82) is 0 Å². The highest BCUT2D eigenvalue weighted by atomic mass is 35.7. The average molecular weight is 325 g/mol. The maximum absolute atomic E-state index is 11.6. The summed E-state index contributed by atoms with van der Waals surface area (Å²) in [4.78, 5) is 11.3. The molecule has 4 nitrogen and oxygen atoms in total. The van der Waals surface area contributed by atoms with Gasteiger partial charge < -0.3 is 4.74 Å². The Labute approximate surface area is 127 Å². The van der Waals surface area contributed by atoms with E-state index in [1.807, 2.05) is 0 Å². The van der Waals surface area contributed by atoms with Crippen LogP contribution in [0.3, 0.4) is 0 Å². The van der Waals surface area contributed by atoms with Gasteiger partial charge in [0.2, 0.25) is 0 Å². The number of carbonyl (C=O) groups is 1. The van der Waals surface area contributed by atoms with Gasteiger partial charge in [0.1, 0.15) is 10.6 Å². The van der Waals surface area contributed by atoms with Crippen molar-refractivity contribution in [2.75, 3.05) is 7.11 Å². The summed E-state index contributed by atoms with van der Waals surface area (Å²) < 4.78 is 28.2. The van der Waals surface area contributed by atoms with Crippen molar-refractivity contribution in [1.82, 2.24) is 0 Å². The fraction of sp³-hybridized carbons (Fsp3) is 0.133. The normalized spacial score (nSPS) is 11.2. The highest BCUT2D eigenvalue weighted by Gasteiger charge is 2.17. The summed E-state index contributed by atoms with van der Waals surface area (Å²) in [5.41, 5.74) is 1.92. The zero-order valence-corrected chi connectivity index (χ0v) is 13.0. The van der Waals surface area contributed by atoms with Crippen LogP contribution in [-0.2, 0) is 9.05 Å². The van der Waals surface area contributed by atoms with Gasteiger partial charge in [-0.2, -0.15) is 0 Å². The summed E-state index contributed by atoms with van der Waals surface area (Å²) in [7, 11) is 2.87. The maximum atomic E-state index is 11.6. The number of methoxy groups -OCH3 is 1. The molecule has 2 aromatic carbocycles. The molecule has 110 valence electrons. The lowest BCUT2D eigenvalue weighted by atomic mass is 10.0. The van der Waals surface area contributed by atoms with E-state index < -0.39 is 9.05 Å². The quantitative estimate of drug-likeness (QED) is 0.638. The molecule has 21 heavy (non-hydrogen) atoms. The van der Waals surface area contributed by atoms with Gasteiger partial charge in [0.05, 0.1) is 7.11 Å². The number of halogens is 1. The first kappa shape index (κ1) is 15.5. The van der Waals surface area contributed by atoms with E-state index in [0.29, 0.717) is 11.1 Å². The molecule has 0 saturated heterocycles. The van der Waals surface area contributed by atoms with Gasteiger partial charge >= 0.3 is 0 Å². The summed E-state index contributed by atoms with van der Waals surface area (Å²) in [6, 6.07) is 11.6. The molecule has 2 aromatic rings. The molecule has 0 spiro atoms. The molecule has 0 heterocycles. The monoisotopic (exact) mass is 324 g/mol. The Balaban J connectivity index is 2.61. The Morgan fingerprint density at radius 3 is 2.33 bits per heavy atom. The van der Waals surface area contributed by atoms with Crippen LogP contribution < -0.4 is 4.74 Å². The zero-order valence-electron chi connectivity index (χ0n) is 11.5.